The largest absolute Gasteiger partial charge is 0.326 e. The molecule has 3 N–H and O–H groups in total. The summed E-state index contributed by atoms with van der Waals surface area (Å²) in [4.78, 5) is 4.85. The van der Waals surface area contributed by atoms with E-state index in [-0.39, 0.29) is 11.4 Å². The molecule has 0 aromatic carbocycles. The number of nitrogens with two attached hydrogens (primary N) is 1. The van der Waals surface area contributed by atoms with Crippen molar-refractivity contribution in [1.82, 2.24) is 4.98 Å². The first-order valence-corrected chi connectivity index (χ1v) is 7.62. The Morgan fingerprint density at radius 2 is 2.22 bits per heavy atom. The summed E-state index contributed by atoms with van der Waals surface area (Å²) in [6.07, 6.45) is 1.53. The Morgan fingerprint density at radius 3 is 2.83 bits per heavy atom. The van der Waals surface area contributed by atoms with E-state index in [9.17, 15) is 8.42 Å². The Bertz CT molecular complexity index is 636. The molecule has 2 rings (SSSR count). The second kappa shape index (κ2) is 5.05. The normalized spacial score (nSPS) is 11.4. The van der Waals surface area contributed by atoms with Crippen LogP contribution < -0.4 is 10.5 Å². The van der Waals surface area contributed by atoms with Gasteiger partial charge in [-0.1, -0.05) is 6.07 Å². The van der Waals surface area contributed by atoms with Gasteiger partial charge in [0.05, 0.1) is 0 Å². The van der Waals surface area contributed by atoms with Crippen molar-refractivity contribution >= 4 is 27.2 Å². The Hall–Kier alpha value is -1.44. The molecule has 18 heavy (non-hydrogen) atoms. The predicted octanol–water partition coefficient (Wildman–Crippen LogP) is 1.71. The number of pyridine rings is 1. The number of anilines is 1. The third-order valence-corrected chi connectivity index (χ3v) is 5.19. The maximum atomic E-state index is 12.3. The molecule has 0 unspecified atom stereocenters. The Kier molecular flexibility index (Phi) is 3.65. The van der Waals surface area contributed by atoms with Crippen LogP contribution in [0.4, 0.5) is 5.82 Å². The molecule has 0 atom stereocenters. The van der Waals surface area contributed by atoms with Crippen molar-refractivity contribution in [3.63, 3.8) is 0 Å². The van der Waals surface area contributed by atoms with E-state index in [0.717, 1.165) is 0 Å². The third kappa shape index (κ3) is 2.53. The Labute approximate surface area is 110 Å². The lowest BCUT2D eigenvalue weighted by Crippen LogP contribution is -2.16. The molecule has 0 fully saturated rings. The van der Waals surface area contributed by atoms with Crippen LogP contribution in [0.3, 0.4) is 0 Å². The number of aromatic nitrogens is 1. The standard InChI is InChI=1S/C11H13N3O2S2/c1-8-7-17-9(6-12)11(8)18(15,16)14-10-4-2-3-5-13-10/h2-5,7H,6,12H2,1H3,(H,13,14). The van der Waals surface area contributed by atoms with Crippen LogP contribution >= 0.6 is 11.3 Å². The van der Waals surface area contributed by atoms with Crippen LogP contribution in [0.1, 0.15) is 10.4 Å². The molecule has 0 aliphatic carbocycles. The maximum Gasteiger partial charge on any atom is 0.264 e. The minimum absolute atomic E-state index is 0.205. The second-order valence-electron chi connectivity index (χ2n) is 3.70. The molecule has 0 saturated heterocycles. The highest BCUT2D eigenvalue weighted by molar-refractivity contribution is 7.93. The fourth-order valence-corrected chi connectivity index (χ4v) is 4.31. The van der Waals surface area contributed by atoms with Gasteiger partial charge in [0.2, 0.25) is 0 Å². The summed E-state index contributed by atoms with van der Waals surface area (Å²) in [5, 5.41) is 1.79. The van der Waals surface area contributed by atoms with Crippen molar-refractivity contribution in [3.8, 4) is 0 Å². The van der Waals surface area contributed by atoms with E-state index in [1.807, 2.05) is 0 Å². The number of sulfonamides is 1. The molecule has 0 saturated carbocycles. The summed E-state index contributed by atoms with van der Waals surface area (Å²) in [6, 6.07) is 5.04. The Morgan fingerprint density at radius 1 is 1.44 bits per heavy atom. The molecule has 2 heterocycles. The zero-order valence-electron chi connectivity index (χ0n) is 9.75. The zero-order chi connectivity index (χ0) is 13.2. The molecule has 0 aliphatic rings. The molecule has 7 heteroatoms. The van der Waals surface area contributed by atoms with Crippen molar-refractivity contribution in [2.45, 2.75) is 18.4 Å². The van der Waals surface area contributed by atoms with Crippen LogP contribution in [0, 0.1) is 6.92 Å². The SMILES string of the molecule is Cc1csc(CN)c1S(=O)(=O)Nc1ccccn1. The first-order valence-electron chi connectivity index (χ1n) is 5.25. The zero-order valence-corrected chi connectivity index (χ0v) is 11.4. The van der Waals surface area contributed by atoms with Crippen molar-refractivity contribution < 1.29 is 8.42 Å². The molecule has 2 aromatic rings. The highest BCUT2D eigenvalue weighted by Gasteiger charge is 2.22. The molecule has 2 aromatic heterocycles. The molecular formula is C11H13N3O2S2. The van der Waals surface area contributed by atoms with Crippen LogP contribution in [0.5, 0.6) is 0 Å². The molecular weight excluding hydrogens is 270 g/mol. The van der Waals surface area contributed by atoms with Crippen LogP contribution in [0.25, 0.3) is 0 Å². The van der Waals surface area contributed by atoms with Crippen molar-refractivity contribution in [2.24, 2.45) is 5.73 Å². The van der Waals surface area contributed by atoms with Gasteiger partial charge >= 0.3 is 0 Å². The number of rotatable bonds is 4. The fraction of sp³-hybridized carbons (Fsp3) is 0.182. The average Bonchev–Trinajstić information content (AvgIpc) is 2.72. The second-order valence-corrected chi connectivity index (χ2v) is 6.28. The van der Waals surface area contributed by atoms with E-state index in [1.54, 1.807) is 30.5 Å². The van der Waals surface area contributed by atoms with Gasteiger partial charge in [0.1, 0.15) is 10.7 Å². The van der Waals surface area contributed by atoms with E-state index in [0.29, 0.717) is 16.3 Å². The number of hydrogen-bond donors (Lipinski definition) is 2. The molecule has 0 bridgehead atoms. The topological polar surface area (TPSA) is 85.1 Å². The van der Waals surface area contributed by atoms with Crippen molar-refractivity contribution in [1.29, 1.82) is 0 Å². The highest BCUT2D eigenvalue weighted by atomic mass is 32.2. The van der Waals surface area contributed by atoms with E-state index in [2.05, 4.69) is 9.71 Å². The third-order valence-electron chi connectivity index (χ3n) is 2.35. The Balaban J connectivity index is 2.40. The van der Waals surface area contributed by atoms with Crippen LogP contribution in [0.2, 0.25) is 0 Å². The number of thiophene rings is 1. The number of nitrogens with one attached hydrogen (secondary N) is 1. The summed E-state index contributed by atoms with van der Waals surface area (Å²) in [5.41, 5.74) is 6.25. The van der Waals surface area contributed by atoms with Gasteiger partial charge in [-0.05, 0) is 30.0 Å². The molecule has 0 radical (unpaired) electrons. The summed E-state index contributed by atoms with van der Waals surface area (Å²) in [5.74, 6) is 0.297. The first-order chi connectivity index (χ1) is 8.54. The summed E-state index contributed by atoms with van der Waals surface area (Å²) in [7, 11) is -3.63. The average molecular weight is 283 g/mol. The van der Waals surface area contributed by atoms with Gasteiger partial charge in [-0.2, -0.15) is 0 Å². The number of aryl methyl sites for hydroxylation is 1. The summed E-state index contributed by atoms with van der Waals surface area (Å²) < 4.78 is 27.0. The number of nitrogens with zero attached hydrogens (tertiary/aromatic N) is 1. The van der Waals surface area contributed by atoms with Gasteiger partial charge in [-0.15, -0.1) is 11.3 Å². The predicted molar refractivity (Wildman–Crippen MR) is 72.0 cm³/mol. The monoisotopic (exact) mass is 283 g/mol. The van der Waals surface area contributed by atoms with Crippen molar-refractivity contribution in [2.75, 3.05) is 4.72 Å². The quantitative estimate of drug-likeness (QED) is 0.894. The van der Waals surface area contributed by atoms with E-state index in [1.165, 1.54) is 17.5 Å². The highest BCUT2D eigenvalue weighted by Crippen LogP contribution is 2.27. The van der Waals surface area contributed by atoms with Gasteiger partial charge in [-0.3, -0.25) is 4.72 Å². The van der Waals surface area contributed by atoms with Gasteiger partial charge in [0, 0.05) is 17.6 Å². The number of hydrogen-bond acceptors (Lipinski definition) is 5. The van der Waals surface area contributed by atoms with Crippen LogP contribution in [-0.4, -0.2) is 13.4 Å². The lowest BCUT2D eigenvalue weighted by molar-refractivity contribution is 0.600. The minimum Gasteiger partial charge on any atom is -0.326 e. The van der Waals surface area contributed by atoms with Crippen LogP contribution in [0.15, 0.2) is 34.7 Å². The van der Waals surface area contributed by atoms with E-state index in [4.69, 9.17) is 5.73 Å². The van der Waals surface area contributed by atoms with Crippen molar-refractivity contribution in [3.05, 3.63) is 40.2 Å². The fourth-order valence-electron chi connectivity index (χ4n) is 1.60. The minimum atomic E-state index is -3.63. The lowest BCUT2D eigenvalue weighted by Gasteiger charge is -2.08. The smallest absolute Gasteiger partial charge is 0.264 e. The van der Waals surface area contributed by atoms with E-state index >= 15 is 0 Å². The molecule has 0 aliphatic heterocycles. The van der Waals surface area contributed by atoms with Crippen LogP contribution in [-0.2, 0) is 16.6 Å². The van der Waals surface area contributed by atoms with Gasteiger partial charge < -0.3 is 5.73 Å². The lowest BCUT2D eigenvalue weighted by atomic mass is 10.3. The maximum absolute atomic E-state index is 12.3. The molecule has 0 amide bonds. The molecule has 5 nitrogen and oxygen atoms in total. The first kappa shape index (κ1) is 13.0. The van der Waals surface area contributed by atoms with Gasteiger partial charge in [-0.25, -0.2) is 13.4 Å². The van der Waals surface area contributed by atoms with Gasteiger partial charge in [0.25, 0.3) is 10.0 Å². The molecule has 0 spiro atoms. The van der Waals surface area contributed by atoms with Gasteiger partial charge in [0.15, 0.2) is 0 Å². The van der Waals surface area contributed by atoms with E-state index < -0.39 is 10.0 Å². The summed E-state index contributed by atoms with van der Waals surface area (Å²) in [6.45, 7) is 1.96. The molecule has 96 valence electrons. The summed E-state index contributed by atoms with van der Waals surface area (Å²) >= 11 is 1.35.